The number of nitrogens with one attached hydrogen (secondary N) is 2. The molecule has 0 atom stereocenters. The normalized spacial score (nSPS) is 11.0. The molecule has 130 valence electrons. The van der Waals surface area contributed by atoms with E-state index in [4.69, 9.17) is 0 Å². The lowest BCUT2D eigenvalue weighted by Crippen LogP contribution is -2.29. The molecule has 2 amide bonds. The van der Waals surface area contributed by atoms with Gasteiger partial charge in [-0.3, -0.25) is 9.59 Å². The number of carbonyl (C=O) groups excluding carboxylic acids is 2. The highest BCUT2D eigenvalue weighted by atomic mass is 16.2. The molecule has 0 aliphatic rings. The molecule has 0 saturated carbocycles. The van der Waals surface area contributed by atoms with Crippen LogP contribution in [0, 0.1) is 5.92 Å². The van der Waals surface area contributed by atoms with Crippen molar-refractivity contribution in [2.75, 3.05) is 11.9 Å². The minimum atomic E-state index is -0.102. The van der Waals surface area contributed by atoms with Gasteiger partial charge in [0.25, 0.3) is 5.91 Å². The number of aryl methyl sites for hydroxylation is 1. The largest absolute Gasteiger partial charge is 0.351 e. The first kappa shape index (κ1) is 18.0. The van der Waals surface area contributed by atoms with Crippen molar-refractivity contribution in [1.82, 2.24) is 9.88 Å². The van der Waals surface area contributed by atoms with Crippen LogP contribution in [0.2, 0.25) is 0 Å². The van der Waals surface area contributed by atoms with Crippen molar-refractivity contribution in [1.29, 1.82) is 0 Å². The minimum Gasteiger partial charge on any atom is -0.351 e. The van der Waals surface area contributed by atoms with Crippen LogP contribution in [0.4, 0.5) is 5.69 Å². The molecular weight excluding hydrogens is 302 g/mol. The van der Waals surface area contributed by atoms with Crippen molar-refractivity contribution in [2.24, 2.45) is 5.92 Å². The Balaban J connectivity index is 2.39. The van der Waals surface area contributed by atoms with Crippen LogP contribution in [0.5, 0.6) is 0 Å². The molecule has 2 aromatic rings. The third kappa shape index (κ3) is 4.37. The van der Waals surface area contributed by atoms with Gasteiger partial charge in [-0.2, -0.15) is 0 Å². The molecule has 0 bridgehead atoms. The maximum absolute atomic E-state index is 12.6. The summed E-state index contributed by atoms with van der Waals surface area (Å²) in [5.41, 5.74) is 2.45. The van der Waals surface area contributed by atoms with E-state index in [1.165, 1.54) is 6.92 Å². The molecule has 2 N–H and O–H groups in total. The molecule has 1 aromatic heterocycles. The molecule has 0 radical (unpaired) electrons. The summed E-state index contributed by atoms with van der Waals surface area (Å²) in [7, 11) is 0. The maximum atomic E-state index is 12.6. The van der Waals surface area contributed by atoms with Gasteiger partial charge in [0.2, 0.25) is 5.91 Å². The summed E-state index contributed by atoms with van der Waals surface area (Å²) >= 11 is 0. The third-order valence-electron chi connectivity index (χ3n) is 3.86. The summed E-state index contributed by atoms with van der Waals surface area (Å²) in [5, 5.41) is 6.75. The fourth-order valence-electron chi connectivity index (χ4n) is 2.68. The van der Waals surface area contributed by atoms with E-state index in [0.29, 0.717) is 18.2 Å². The van der Waals surface area contributed by atoms with E-state index in [9.17, 15) is 9.59 Å². The van der Waals surface area contributed by atoms with Crippen LogP contribution in [0.15, 0.2) is 24.3 Å². The van der Waals surface area contributed by atoms with Crippen LogP contribution in [-0.4, -0.2) is 22.9 Å². The fourth-order valence-corrected chi connectivity index (χ4v) is 2.68. The Kier molecular flexibility index (Phi) is 6.01. The van der Waals surface area contributed by atoms with Gasteiger partial charge in [0.05, 0.1) is 0 Å². The van der Waals surface area contributed by atoms with E-state index in [2.05, 4.69) is 36.0 Å². The van der Waals surface area contributed by atoms with Gasteiger partial charge >= 0.3 is 0 Å². The van der Waals surface area contributed by atoms with E-state index in [1.54, 1.807) is 0 Å². The van der Waals surface area contributed by atoms with Crippen molar-refractivity contribution >= 4 is 28.4 Å². The van der Waals surface area contributed by atoms with E-state index in [-0.39, 0.29) is 11.8 Å². The molecular formula is C19H27N3O2. The second kappa shape index (κ2) is 7.99. The van der Waals surface area contributed by atoms with E-state index < -0.39 is 0 Å². The predicted octanol–water partition coefficient (Wildman–Crippen LogP) is 3.79. The fraction of sp³-hybridized carbons (Fsp3) is 0.474. The maximum Gasteiger partial charge on any atom is 0.267 e. The number of carbonyl (C=O) groups is 2. The van der Waals surface area contributed by atoms with Crippen LogP contribution in [0.25, 0.3) is 10.9 Å². The molecule has 0 aliphatic carbocycles. The van der Waals surface area contributed by atoms with Crippen LogP contribution in [0.3, 0.4) is 0 Å². The van der Waals surface area contributed by atoms with Crippen molar-refractivity contribution in [2.45, 2.75) is 47.1 Å². The number of amides is 2. The van der Waals surface area contributed by atoms with Gasteiger partial charge in [0, 0.05) is 36.6 Å². The van der Waals surface area contributed by atoms with Gasteiger partial charge in [0.1, 0.15) is 5.69 Å². The van der Waals surface area contributed by atoms with E-state index in [1.807, 2.05) is 24.3 Å². The van der Waals surface area contributed by atoms with Crippen molar-refractivity contribution in [3.63, 3.8) is 0 Å². The van der Waals surface area contributed by atoms with Crippen LogP contribution < -0.4 is 10.6 Å². The Morgan fingerprint density at radius 2 is 1.96 bits per heavy atom. The highest BCUT2D eigenvalue weighted by Crippen LogP contribution is 2.24. The molecule has 2 rings (SSSR count). The SMILES string of the molecule is CCCCn1c(C(=O)NCC(C)C)cc2cc(NC(C)=O)ccc21. The molecule has 0 aliphatic heterocycles. The number of aromatic nitrogens is 1. The topological polar surface area (TPSA) is 63.1 Å². The number of rotatable bonds is 7. The lowest BCUT2D eigenvalue weighted by molar-refractivity contribution is -0.114. The molecule has 1 heterocycles. The summed E-state index contributed by atoms with van der Waals surface area (Å²) in [5.74, 6) is 0.264. The van der Waals surface area contributed by atoms with Gasteiger partial charge < -0.3 is 15.2 Å². The van der Waals surface area contributed by atoms with Gasteiger partial charge in [-0.05, 0) is 36.6 Å². The molecule has 5 heteroatoms. The smallest absolute Gasteiger partial charge is 0.267 e. The highest BCUT2D eigenvalue weighted by molar-refractivity contribution is 6.00. The average Bonchev–Trinajstić information content (AvgIpc) is 2.87. The molecule has 1 aromatic carbocycles. The first-order valence-corrected chi connectivity index (χ1v) is 8.61. The number of fused-ring (bicyclic) bond motifs is 1. The Bertz CT molecular complexity index is 732. The molecule has 24 heavy (non-hydrogen) atoms. The number of hydrogen-bond donors (Lipinski definition) is 2. The number of unbranched alkanes of at least 4 members (excludes halogenated alkanes) is 1. The molecule has 0 spiro atoms. The van der Waals surface area contributed by atoms with Crippen molar-refractivity contribution in [3.05, 3.63) is 30.0 Å². The first-order valence-electron chi connectivity index (χ1n) is 8.61. The monoisotopic (exact) mass is 329 g/mol. The average molecular weight is 329 g/mol. The summed E-state index contributed by atoms with van der Waals surface area (Å²) < 4.78 is 2.08. The van der Waals surface area contributed by atoms with E-state index in [0.717, 1.165) is 36.0 Å². The zero-order chi connectivity index (χ0) is 17.7. The zero-order valence-corrected chi connectivity index (χ0v) is 15.0. The second-order valence-electron chi connectivity index (χ2n) is 6.59. The lowest BCUT2D eigenvalue weighted by atomic mass is 10.2. The quantitative estimate of drug-likeness (QED) is 0.812. The van der Waals surface area contributed by atoms with Crippen LogP contribution in [-0.2, 0) is 11.3 Å². The number of nitrogens with zero attached hydrogens (tertiary/aromatic N) is 1. The number of anilines is 1. The number of benzene rings is 1. The Hall–Kier alpha value is -2.30. The first-order chi connectivity index (χ1) is 11.4. The van der Waals surface area contributed by atoms with Crippen molar-refractivity contribution in [3.8, 4) is 0 Å². The van der Waals surface area contributed by atoms with Crippen molar-refractivity contribution < 1.29 is 9.59 Å². The molecule has 5 nitrogen and oxygen atoms in total. The summed E-state index contributed by atoms with van der Waals surface area (Å²) in [6.07, 6.45) is 2.08. The molecule has 0 unspecified atom stereocenters. The summed E-state index contributed by atoms with van der Waals surface area (Å²) in [6.45, 7) is 9.24. The molecule has 0 fully saturated rings. The third-order valence-corrected chi connectivity index (χ3v) is 3.86. The highest BCUT2D eigenvalue weighted by Gasteiger charge is 2.16. The van der Waals surface area contributed by atoms with Gasteiger partial charge in [0.15, 0.2) is 0 Å². The lowest BCUT2D eigenvalue weighted by Gasteiger charge is -2.12. The second-order valence-corrected chi connectivity index (χ2v) is 6.59. The number of hydrogen-bond acceptors (Lipinski definition) is 2. The predicted molar refractivity (Wildman–Crippen MR) is 98.3 cm³/mol. The molecule has 0 saturated heterocycles. The Labute approximate surface area is 143 Å². The Morgan fingerprint density at radius 3 is 2.58 bits per heavy atom. The van der Waals surface area contributed by atoms with Gasteiger partial charge in [-0.1, -0.05) is 27.2 Å². The standard InChI is InChI=1S/C19H27N3O2/c1-5-6-9-22-17-8-7-16(21-14(4)23)10-15(17)11-18(22)19(24)20-12-13(2)3/h7-8,10-11,13H,5-6,9,12H2,1-4H3,(H,20,24)(H,21,23). The van der Waals surface area contributed by atoms with E-state index >= 15 is 0 Å². The summed E-state index contributed by atoms with van der Waals surface area (Å²) in [6, 6.07) is 7.67. The summed E-state index contributed by atoms with van der Waals surface area (Å²) in [4.78, 5) is 23.8. The van der Waals surface area contributed by atoms with Gasteiger partial charge in [-0.25, -0.2) is 0 Å². The zero-order valence-electron chi connectivity index (χ0n) is 15.0. The van der Waals surface area contributed by atoms with Crippen LogP contribution >= 0.6 is 0 Å². The minimum absolute atomic E-state index is 0.0444. The Morgan fingerprint density at radius 1 is 1.21 bits per heavy atom. The van der Waals surface area contributed by atoms with Crippen LogP contribution in [0.1, 0.15) is 51.0 Å². The van der Waals surface area contributed by atoms with Gasteiger partial charge in [-0.15, -0.1) is 0 Å².